The normalized spacial score (nSPS) is 16.0. The van der Waals surface area contributed by atoms with Gasteiger partial charge >= 0.3 is 0 Å². The van der Waals surface area contributed by atoms with Gasteiger partial charge in [0.2, 0.25) is 0 Å². The van der Waals surface area contributed by atoms with E-state index in [-0.39, 0.29) is 0 Å². The summed E-state index contributed by atoms with van der Waals surface area (Å²) in [5, 5.41) is 7.85. The van der Waals surface area contributed by atoms with Gasteiger partial charge in [-0.2, -0.15) is 5.10 Å². The maximum Gasteiger partial charge on any atom is 0.175 e. The van der Waals surface area contributed by atoms with Crippen LogP contribution in [0.5, 0.6) is 0 Å². The van der Waals surface area contributed by atoms with Crippen molar-refractivity contribution in [3.63, 3.8) is 0 Å². The number of rotatable bonds is 4. The van der Waals surface area contributed by atoms with Crippen molar-refractivity contribution in [2.45, 2.75) is 43.0 Å². The van der Waals surface area contributed by atoms with Crippen molar-refractivity contribution in [1.29, 1.82) is 0 Å². The SMILES string of the molecule is CS(=O)(=O)c1ccc(N(c2ncnc3[nH]ncc23)C2CCCCC2)cc1. The third-order valence-corrected chi connectivity index (χ3v) is 6.07. The summed E-state index contributed by atoms with van der Waals surface area (Å²) in [6, 6.07) is 7.36. The number of fused-ring (bicyclic) bond motifs is 1. The number of aromatic amines is 1. The molecule has 1 fully saturated rings. The zero-order valence-electron chi connectivity index (χ0n) is 14.6. The molecule has 0 amide bonds. The fraction of sp³-hybridized carbons (Fsp3) is 0.389. The molecule has 26 heavy (non-hydrogen) atoms. The van der Waals surface area contributed by atoms with Gasteiger partial charge in [0.05, 0.1) is 16.5 Å². The number of hydrogen-bond donors (Lipinski definition) is 1. The van der Waals surface area contributed by atoms with Crippen molar-refractivity contribution in [3.8, 4) is 0 Å². The van der Waals surface area contributed by atoms with Gasteiger partial charge in [-0.1, -0.05) is 19.3 Å². The van der Waals surface area contributed by atoms with Crippen molar-refractivity contribution >= 4 is 32.4 Å². The first kappa shape index (κ1) is 17.0. The standard InChI is InChI=1S/C18H21N5O2S/c1-26(24,25)15-9-7-14(8-10-15)23(13-5-3-2-4-6-13)18-16-11-21-22-17(16)19-12-20-18/h7-13H,2-6H2,1H3,(H,19,20,21,22). The van der Waals surface area contributed by atoms with E-state index in [1.807, 2.05) is 12.1 Å². The van der Waals surface area contributed by atoms with Gasteiger partial charge in [0, 0.05) is 18.0 Å². The lowest BCUT2D eigenvalue weighted by Gasteiger charge is -2.35. The van der Waals surface area contributed by atoms with E-state index in [1.54, 1.807) is 18.3 Å². The molecule has 1 saturated carbocycles. The van der Waals surface area contributed by atoms with Crippen LogP contribution in [0, 0.1) is 0 Å². The molecule has 2 aromatic heterocycles. The van der Waals surface area contributed by atoms with Gasteiger partial charge in [0.1, 0.15) is 12.1 Å². The van der Waals surface area contributed by atoms with Crippen LogP contribution in [0.1, 0.15) is 32.1 Å². The molecule has 3 aromatic rings. The minimum atomic E-state index is -3.22. The van der Waals surface area contributed by atoms with E-state index in [0.29, 0.717) is 16.6 Å². The predicted octanol–water partition coefficient (Wildman–Crippen LogP) is 3.23. The van der Waals surface area contributed by atoms with Crippen molar-refractivity contribution in [2.24, 2.45) is 0 Å². The average molecular weight is 371 g/mol. The van der Waals surface area contributed by atoms with Crippen LogP contribution in [0.2, 0.25) is 0 Å². The highest BCUT2D eigenvalue weighted by Crippen LogP contribution is 2.36. The van der Waals surface area contributed by atoms with E-state index in [2.05, 4.69) is 25.1 Å². The molecule has 0 unspecified atom stereocenters. The maximum absolute atomic E-state index is 11.8. The van der Waals surface area contributed by atoms with Crippen molar-refractivity contribution in [3.05, 3.63) is 36.8 Å². The van der Waals surface area contributed by atoms with Gasteiger partial charge in [0.15, 0.2) is 15.5 Å². The van der Waals surface area contributed by atoms with E-state index >= 15 is 0 Å². The Bertz CT molecular complexity index is 1010. The van der Waals surface area contributed by atoms with Gasteiger partial charge in [-0.25, -0.2) is 18.4 Å². The molecule has 1 aromatic carbocycles. The Kier molecular flexibility index (Phi) is 4.36. The second-order valence-electron chi connectivity index (χ2n) is 6.76. The van der Waals surface area contributed by atoms with Crippen LogP contribution in [-0.4, -0.2) is 40.9 Å². The molecule has 8 heteroatoms. The Hall–Kier alpha value is -2.48. The molecule has 4 rings (SSSR count). The first-order valence-corrected chi connectivity index (χ1v) is 10.7. The van der Waals surface area contributed by atoms with Gasteiger partial charge in [-0.15, -0.1) is 0 Å². The summed E-state index contributed by atoms with van der Waals surface area (Å²) in [7, 11) is -3.22. The Morgan fingerprint density at radius 1 is 1.08 bits per heavy atom. The van der Waals surface area contributed by atoms with E-state index in [9.17, 15) is 8.42 Å². The average Bonchev–Trinajstić information content (AvgIpc) is 3.12. The van der Waals surface area contributed by atoms with Crippen molar-refractivity contribution < 1.29 is 8.42 Å². The molecule has 0 spiro atoms. The smallest absolute Gasteiger partial charge is 0.175 e. The number of anilines is 2. The third kappa shape index (κ3) is 3.16. The van der Waals surface area contributed by atoms with Crippen LogP contribution in [0.15, 0.2) is 41.7 Å². The third-order valence-electron chi connectivity index (χ3n) is 4.94. The van der Waals surface area contributed by atoms with Gasteiger partial charge in [0.25, 0.3) is 0 Å². The van der Waals surface area contributed by atoms with E-state index in [1.165, 1.54) is 31.8 Å². The largest absolute Gasteiger partial charge is 0.323 e. The van der Waals surface area contributed by atoms with E-state index < -0.39 is 9.84 Å². The maximum atomic E-state index is 11.8. The summed E-state index contributed by atoms with van der Waals surface area (Å²) in [5.41, 5.74) is 1.63. The second-order valence-corrected chi connectivity index (χ2v) is 8.77. The molecule has 7 nitrogen and oxygen atoms in total. The summed E-state index contributed by atoms with van der Waals surface area (Å²) in [4.78, 5) is 11.3. The molecule has 1 aliphatic rings. The molecule has 1 N–H and O–H groups in total. The molecule has 2 heterocycles. The summed E-state index contributed by atoms with van der Waals surface area (Å²) in [5.74, 6) is 0.808. The van der Waals surface area contributed by atoms with Crippen molar-refractivity contribution in [2.75, 3.05) is 11.2 Å². The zero-order chi connectivity index (χ0) is 18.1. The zero-order valence-corrected chi connectivity index (χ0v) is 15.4. The molecule has 0 aliphatic heterocycles. The van der Waals surface area contributed by atoms with Gasteiger partial charge in [-0.05, 0) is 37.1 Å². The molecule has 1 aliphatic carbocycles. The molecule has 0 atom stereocenters. The van der Waals surface area contributed by atoms with Gasteiger partial charge < -0.3 is 4.90 Å². The molecular formula is C18H21N5O2S. The summed E-state index contributed by atoms with van der Waals surface area (Å²) in [6.07, 6.45) is 10.3. The lowest BCUT2D eigenvalue weighted by Crippen LogP contribution is -2.33. The lowest BCUT2D eigenvalue weighted by atomic mass is 9.93. The second kappa shape index (κ2) is 6.68. The first-order valence-electron chi connectivity index (χ1n) is 8.77. The number of nitrogens with zero attached hydrogens (tertiary/aromatic N) is 4. The number of H-pyrrole nitrogens is 1. The number of nitrogens with one attached hydrogen (secondary N) is 1. The van der Waals surface area contributed by atoms with Gasteiger partial charge in [-0.3, -0.25) is 5.10 Å². The van der Waals surface area contributed by atoms with Crippen LogP contribution >= 0.6 is 0 Å². The highest BCUT2D eigenvalue weighted by molar-refractivity contribution is 7.90. The Morgan fingerprint density at radius 3 is 2.50 bits per heavy atom. The Morgan fingerprint density at radius 2 is 1.81 bits per heavy atom. The summed E-state index contributed by atoms with van der Waals surface area (Å²) < 4.78 is 23.6. The fourth-order valence-electron chi connectivity index (χ4n) is 3.64. The molecule has 0 bridgehead atoms. The molecule has 0 radical (unpaired) electrons. The van der Waals surface area contributed by atoms with Crippen LogP contribution < -0.4 is 4.90 Å². The number of sulfone groups is 1. The van der Waals surface area contributed by atoms with Crippen molar-refractivity contribution in [1.82, 2.24) is 20.2 Å². The van der Waals surface area contributed by atoms with Crippen LogP contribution in [-0.2, 0) is 9.84 Å². The predicted molar refractivity (Wildman–Crippen MR) is 100 cm³/mol. The Labute approximate surface area is 152 Å². The first-order chi connectivity index (χ1) is 12.5. The number of aromatic nitrogens is 4. The number of hydrogen-bond acceptors (Lipinski definition) is 6. The summed E-state index contributed by atoms with van der Waals surface area (Å²) >= 11 is 0. The van der Waals surface area contributed by atoms with Crippen LogP contribution in [0.25, 0.3) is 11.0 Å². The monoisotopic (exact) mass is 371 g/mol. The molecular weight excluding hydrogens is 350 g/mol. The van der Waals surface area contributed by atoms with Crippen LogP contribution in [0.3, 0.4) is 0 Å². The minimum Gasteiger partial charge on any atom is -0.323 e. The lowest BCUT2D eigenvalue weighted by molar-refractivity contribution is 0.435. The van der Waals surface area contributed by atoms with Crippen LogP contribution in [0.4, 0.5) is 11.5 Å². The minimum absolute atomic E-state index is 0.320. The van der Waals surface area contributed by atoms with E-state index in [0.717, 1.165) is 29.7 Å². The topological polar surface area (TPSA) is 91.8 Å². The quantitative estimate of drug-likeness (QED) is 0.757. The highest BCUT2D eigenvalue weighted by atomic mass is 32.2. The Balaban J connectivity index is 1.82. The molecule has 0 saturated heterocycles. The highest BCUT2D eigenvalue weighted by Gasteiger charge is 2.26. The molecule has 136 valence electrons. The van der Waals surface area contributed by atoms with E-state index in [4.69, 9.17) is 0 Å². The number of benzene rings is 1. The fourth-order valence-corrected chi connectivity index (χ4v) is 4.27. The summed E-state index contributed by atoms with van der Waals surface area (Å²) in [6.45, 7) is 0.